The van der Waals surface area contributed by atoms with Crippen molar-refractivity contribution in [3.8, 4) is 0 Å². The molecular formula is C75H126O6. The Balaban J connectivity index is 4.37. The summed E-state index contributed by atoms with van der Waals surface area (Å²) in [5.74, 6) is -0.924. The number of rotatable bonds is 61. The lowest BCUT2D eigenvalue weighted by molar-refractivity contribution is -0.167. The van der Waals surface area contributed by atoms with Crippen molar-refractivity contribution in [1.82, 2.24) is 0 Å². The van der Waals surface area contributed by atoms with Gasteiger partial charge in [-0.2, -0.15) is 0 Å². The van der Waals surface area contributed by atoms with Crippen molar-refractivity contribution in [1.29, 1.82) is 0 Å². The Morgan fingerprint density at radius 3 is 0.790 bits per heavy atom. The Bertz CT molecular complexity index is 1670. The average molecular weight is 1120 g/mol. The van der Waals surface area contributed by atoms with Crippen LogP contribution in [0.3, 0.4) is 0 Å². The van der Waals surface area contributed by atoms with Crippen LogP contribution in [-0.2, 0) is 28.6 Å². The lowest BCUT2D eigenvalue weighted by atomic mass is 10.0. The summed E-state index contributed by atoms with van der Waals surface area (Å²) >= 11 is 0. The molecule has 0 aliphatic rings. The van der Waals surface area contributed by atoms with Crippen molar-refractivity contribution < 1.29 is 28.6 Å². The highest BCUT2D eigenvalue weighted by atomic mass is 16.6. The van der Waals surface area contributed by atoms with E-state index in [0.29, 0.717) is 19.3 Å². The molecule has 1 unspecified atom stereocenters. The second kappa shape index (κ2) is 68.3. The van der Waals surface area contributed by atoms with Crippen molar-refractivity contribution in [2.75, 3.05) is 13.2 Å². The summed E-state index contributed by atoms with van der Waals surface area (Å²) in [7, 11) is 0. The highest BCUT2D eigenvalue weighted by Gasteiger charge is 2.19. The van der Waals surface area contributed by atoms with Crippen LogP contribution in [0.25, 0.3) is 0 Å². The number of carbonyl (C=O) groups is 3. The van der Waals surface area contributed by atoms with Crippen molar-refractivity contribution in [2.45, 2.75) is 322 Å². The van der Waals surface area contributed by atoms with Crippen LogP contribution < -0.4 is 0 Å². The lowest BCUT2D eigenvalue weighted by Gasteiger charge is -2.18. The van der Waals surface area contributed by atoms with Crippen LogP contribution in [0.2, 0.25) is 0 Å². The molecule has 0 bridgehead atoms. The smallest absolute Gasteiger partial charge is 0.306 e. The molecular weight excluding hydrogens is 997 g/mol. The number of carbonyl (C=O) groups excluding carboxylic acids is 3. The number of unbranched alkanes of at least 4 members (excludes halogenated alkanes) is 30. The van der Waals surface area contributed by atoms with Gasteiger partial charge in [0.25, 0.3) is 0 Å². The molecule has 6 heteroatoms. The van der Waals surface area contributed by atoms with Crippen molar-refractivity contribution in [2.24, 2.45) is 0 Å². The van der Waals surface area contributed by atoms with Gasteiger partial charge in [0, 0.05) is 19.3 Å². The van der Waals surface area contributed by atoms with E-state index in [1.165, 1.54) is 148 Å². The predicted molar refractivity (Wildman–Crippen MR) is 353 cm³/mol. The van der Waals surface area contributed by atoms with Gasteiger partial charge in [-0.15, -0.1) is 0 Å². The molecule has 0 aromatic heterocycles. The van der Waals surface area contributed by atoms with Gasteiger partial charge in [0.15, 0.2) is 6.10 Å². The van der Waals surface area contributed by atoms with E-state index in [4.69, 9.17) is 14.2 Å². The van der Waals surface area contributed by atoms with E-state index < -0.39 is 6.10 Å². The topological polar surface area (TPSA) is 78.9 Å². The first-order chi connectivity index (χ1) is 40.0. The van der Waals surface area contributed by atoms with E-state index in [9.17, 15) is 14.4 Å². The second-order valence-corrected chi connectivity index (χ2v) is 22.4. The molecule has 0 spiro atoms. The fraction of sp³-hybridized carbons (Fsp3) is 0.693. The molecule has 6 nitrogen and oxygen atoms in total. The summed E-state index contributed by atoms with van der Waals surface area (Å²) in [6.45, 7) is 6.51. The summed E-state index contributed by atoms with van der Waals surface area (Å²) in [4.78, 5) is 38.3. The van der Waals surface area contributed by atoms with Crippen LogP contribution in [0, 0.1) is 0 Å². The minimum atomic E-state index is -0.797. The monoisotopic (exact) mass is 1120 g/mol. The maximum Gasteiger partial charge on any atom is 0.306 e. The van der Waals surface area contributed by atoms with Crippen LogP contribution in [0.4, 0.5) is 0 Å². The molecule has 1 atom stereocenters. The van der Waals surface area contributed by atoms with Gasteiger partial charge in [0.2, 0.25) is 0 Å². The van der Waals surface area contributed by atoms with Crippen LogP contribution in [-0.4, -0.2) is 37.2 Å². The molecule has 0 aliphatic heterocycles. The van der Waals surface area contributed by atoms with E-state index in [1.807, 2.05) is 0 Å². The molecule has 81 heavy (non-hydrogen) atoms. The molecule has 0 heterocycles. The number of allylic oxidation sites excluding steroid dienone is 20. The van der Waals surface area contributed by atoms with Gasteiger partial charge in [0.05, 0.1) is 0 Å². The molecule has 0 amide bonds. The summed E-state index contributed by atoms with van der Waals surface area (Å²) < 4.78 is 16.9. The normalized spacial score (nSPS) is 12.9. The third-order valence-corrected chi connectivity index (χ3v) is 14.5. The zero-order valence-electron chi connectivity index (χ0n) is 53.0. The molecule has 0 fully saturated rings. The minimum absolute atomic E-state index is 0.0921. The largest absolute Gasteiger partial charge is 0.462 e. The molecule has 0 aromatic rings. The van der Waals surface area contributed by atoms with Gasteiger partial charge < -0.3 is 14.2 Å². The number of hydrogen-bond acceptors (Lipinski definition) is 6. The number of esters is 3. The number of hydrogen-bond donors (Lipinski definition) is 0. The zero-order valence-corrected chi connectivity index (χ0v) is 53.0. The fourth-order valence-corrected chi connectivity index (χ4v) is 9.37. The van der Waals surface area contributed by atoms with Gasteiger partial charge in [-0.3, -0.25) is 14.4 Å². The van der Waals surface area contributed by atoms with Crippen molar-refractivity contribution >= 4 is 17.9 Å². The van der Waals surface area contributed by atoms with Gasteiger partial charge in [-0.1, -0.05) is 303 Å². The second-order valence-electron chi connectivity index (χ2n) is 22.4. The van der Waals surface area contributed by atoms with E-state index in [2.05, 4.69) is 142 Å². The maximum atomic E-state index is 12.9. The summed E-state index contributed by atoms with van der Waals surface area (Å²) in [5.41, 5.74) is 0. The van der Waals surface area contributed by atoms with Gasteiger partial charge in [-0.25, -0.2) is 0 Å². The molecule has 0 saturated heterocycles. The molecule has 462 valence electrons. The first-order valence-corrected chi connectivity index (χ1v) is 34.0. The lowest BCUT2D eigenvalue weighted by Crippen LogP contribution is -2.30. The Hall–Kier alpha value is -4.19. The first kappa shape index (κ1) is 76.8. The van der Waals surface area contributed by atoms with E-state index in [-0.39, 0.29) is 31.1 Å². The summed E-state index contributed by atoms with van der Waals surface area (Å²) in [5, 5.41) is 0. The Kier molecular flexibility index (Phi) is 64.8. The van der Waals surface area contributed by atoms with Crippen molar-refractivity contribution in [3.63, 3.8) is 0 Å². The van der Waals surface area contributed by atoms with Crippen LogP contribution in [0.1, 0.15) is 316 Å². The molecule has 0 saturated carbocycles. The van der Waals surface area contributed by atoms with E-state index in [0.717, 1.165) is 128 Å². The molecule has 0 N–H and O–H groups in total. The first-order valence-electron chi connectivity index (χ1n) is 34.0. The minimum Gasteiger partial charge on any atom is -0.462 e. The Labute approximate surface area is 501 Å². The standard InChI is InChI=1S/C75H126O6/c1-4-7-10-13-16-19-22-25-27-29-31-32-33-34-35-36-37-38-39-40-41-42-44-45-47-50-53-56-59-62-65-68-74(77)80-71-72(70-79-73(76)67-64-61-58-55-52-49-24-21-18-15-12-9-6-3)81-75(78)69-66-63-60-57-54-51-48-46-43-30-28-26-23-20-17-14-11-8-5-2/h7,10,16,19,21,24-25,27,31-32,34-35,37-38,40-41,44-45,50,53,72H,4-6,8-9,11-15,17-18,20,22-23,26,28-30,33,36,39,42-43,46-49,51-52,54-71H2,1-3H3/b10-7-,19-16-,24-21-,27-25-,32-31-,35-34-,38-37-,41-40-,45-44-,53-50-. The number of ether oxygens (including phenoxy) is 3. The molecule has 0 rings (SSSR count). The van der Waals surface area contributed by atoms with Crippen LogP contribution in [0.15, 0.2) is 122 Å². The zero-order chi connectivity index (χ0) is 58.5. The highest BCUT2D eigenvalue weighted by Crippen LogP contribution is 2.17. The molecule has 0 aliphatic carbocycles. The van der Waals surface area contributed by atoms with Gasteiger partial charge >= 0.3 is 17.9 Å². The highest BCUT2D eigenvalue weighted by molar-refractivity contribution is 5.71. The molecule has 0 radical (unpaired) electrons. The summed E-state index contributed by atoms with van der Waals surface area (Å²) in [6.07, 6.45) is 95.0. The summed E-state index contributed by atoms with van der Waals surface area (Å²) in [6, 6.07) is 0. The third-order valence-electron chi connectivity index (χ3n) is 14.5. The molecule has 0 aromatic carbocycles. The Morgan fingerprint density at radius 1 is 0.259 bits per heavy atom. The quantitative estimate of drug-likeness (QED) is 0.0261. The van der Waals surface area contributed by atoms with E-state index in [1.54, 1.807) is 0 Å². The van der Waals surface area contributed by atoms with Gasteiger partial charge in [0.1, 0.15) is 13.2 Å². The SMILES string of the molecule is CC/C=C\C/C=C\C/C=C\C/C=C\C/C=C\C/C=C\C/C=C\C/C=C\C/C=C\CCCCCC(=O)OCC(COC(=O)CCCCCCC/C=C\CCCCCC)OC(=O)CCCCCCCCCCCCCCCCCCCCC. The van der Waals surface area contributed by atoms with Crippen molar-refractivity contribution in [3.05, 3.63) is 122 Å². The van der Waals surface area contributed by atoms with Crippen LogP contribution >= 0.6 is 0 Å². The maximum absolute atomic E-state index is 12.9. The van der Waals surface area contributed by atoms with E-state index >= 15 is 0 Å². The predicted octanol–water partition coefficient (Wildman–Crippen LogP) is 23.6. The third kappa shape index (κ3) is 66.5. The Morgan fingerprint density at radius 2 is 0.481 bits per heavy atom. The average Bonchev–Trinajstić information content (AvgIpc) is 3.46. The fourth-order valence-electron chi connectivity index (χ4n) is 9.37. The van der Waals surface area contributed by atoms with Gasteiger partial charge in [-0.05, 0) is 116 Å². The van der Waals surface area contributed by atoms with Crippen LogP contribution in [0.5, 0.6) is 0 Å².